The van der Waals surface area contributed by atoms with Crippen molar-refractivity contribution in [1.29, 1.82) is 0 Å². The highest BCUT2D eigenvalue weighted by molar-refractivity contribution is 8.25. The molecule has 12 heteroatoms. The molecule has 1 fully saturated rings. The van der Waals surface area contributed by atoms with Gasteiger partial charge in [-0.1, -0.05) is 11.7 Å². The van der Waals surface area contributed by atoms with Crippen molar-refractivity contribution in [1.82, 2.24) is 39.8 Å². The van der Waals surface area contributed by atoms with Crippen LogP contribution in [0.15, 0.2) is 61.2 Å². The first-order chi connectivity index (χ1) is 20.2. The van der Waals surface area contributed by atoms with Crippen molar-refractivity contribution in [2.24, 2.45) is 5.73 Å². The number of fused-ring (bicyclic) bond motifs is 2. The monoisotopic (exact) mass is 580 g/mol. The Morgan fingerprint density at radius 3 is 2.74 bits per heavy atom. The lowest BCUT2D eigenvalue weighted by Gasteiger charge is -2.37. The Balaban J connectivity index is 1.26. The van der Waals surface area contributed by atoms with E-state index in [1.165, 1.54) is 12.1 Å². The highest BCUT2D eigenvalue weighted by Gasteiger charge is 2.25. The highest BCUT2D eigenvalue weighted by Crippen LogP contribution is 2.34. The first-order valence-corrected chi connectivity index (χ1v) is 15.7. The van der Waals surface area contributed by atoms with Gasteiger partial charge in [0.25, 0.3) is 0 Å². The number of halogens is 1. The van der Waals surface area contributed by atoms with Gasteiger partial charge in [-0.15, -0.1) is 0 Å². The number of hydrogen-bond acceptors (Lipinski definition) is 8. The van der Waals surface area contributed by atoms with Crippen molar-refractivity contribution in [3.05, 3.63) is 72.6 Å². The van der Waals surface area contributed by atoms with Crippen molar-refractivity contribution in [2.45, 2.75) is 12.6 Å². The molecule has 1 aliphatic rings. The van der Waals surface area contributed by atoms with E-state index in [0.717, 1.165) is 63.3 Å². The zero-order chi connectivity index (χ0) is 29.0. The summed E-state index contributed by atoms with van der Waals surface area (Å²) in [5, 5.41) is 9.23. The number of hydrogen-bond donors (Lipinski definition) is 4. The number of benzene rings is 1. The maximum absolute atomic E-state index is 14.7. The normalized spacial score (nSPS) is 14.1. The van der Waals surface area contributed by atoms with E-state index in [9.17, 15) is 4.39 Å². The van der Waals surface area contributed by atoms with Crippen LogP contribution in [0.5, 0.6) is 0 Å². The number of nitrogens with two attached hydrogens (primary N) is 1. The molecular weight excluding hydrogens is 551 g/mol. The average molecular weight is 581 g/mol. The minimum absolute atomic E-state index is 0.165. The van der Waals surface area contributed by atoms with E-state index >= 15 is 0 Å². The van der Waals surface area contributed by atoms with Gasteiger partial charge in [0, 0.05) is 54.4 Å². The molecule has 6 aromatic rings. The summed E-state index contributed by atoms with van der Waals surface area (Å²) in [5.74, 6) is 8.58. The smallest absolute Gasteiger partial charge is 0.181 e. The van der Waals surface area contributed by atoms with Crippen LogP contribution in [0.25, 0.3) is 55.8 Å². The molecule has 1 aromatic carbocycles. The molecule has 10 nitrogen and oxygen atoms in total. The van der Waals surface area contributed by atoms with Crippen LogP contribution < -0.4 is 15.4 Å². The van der Waals surface area contributed by atoms with Crippen molar-refractivity contribution in [3.63, 3.8) is 0 Å². The molecule has 0 unspecified atom stereocenters. The number of aromatic amines is 2. The van der Waals surface area contributed by atoms with Gasteiger partial charge in [-0.3, -0.25) is 14.8 Å². The first kappa shape index (κ1) is 26.3. The summed E-state index contributed by atoms with van der Waals surface area (Å²) in [6.45, 7) is 2.00. The predicted octanol–water partition coefficient (Wildman–Crippen LogP) is 4.21. The van der Waals surface area contributed by atoms with Crippen LogP contribution in [-0.2, 0) is 6.54 Å². The zero-order valence-corrected chi connectivity index (χ0v) is 23.7. The van der Waals surface area contributed by atoms with Crippen LogP contribution in [-0.4, -0.2) is 72.2 Å². The van der Waals surface area contributed by atoms with E-state index < -0.39 is 9.39 Å². The molecule has 1 saturated heterocycles. The maximum Gasteiger partial charge on any atom is 0.181 e. The zero-order valence-electron chi connectivity index (χ0n) is 22.9. The van der Waals surface area contributed by atoms with E-state index in [1.54, 1.807) is 24.8 Å². The van der Waals surface area contributed by atoms with Crippen LogP contribution in [0.4, 0.5) is 10.2 Å². The molecule has 42 heavy (non-hydrogen) atoms. The molecule has 0 spiro atoms. The molecule has 5 aromatic heterocycles. The molecule has 0 bridgehead atoms. The molecule has 0 amide bonds. The van der Waals surface area contributed by atoms with Gasteiger partial charge in [-0.05, 0) is 59.3 Å². The fraction of sp³-hybridized carbons (Fsp3) is 0.167. The highest BCUT2D eigenvalue weighted by atomic mass is 32.2. The van der Waals surface area contributed by atoms with Crippen LogP contribution in [0, 0.1) is 5.82 Å². The lowest BCUT2D eigenvalue weighted by Crippen LogP contribution is -2.56. The molecule has 1 aliphatic heterocycles. The molecule has 0 aliphatic carbocycles. The van der Waals surface area contributed by atoms with Gasteiger partial charge in [0.2, 0.25) is 0 Å². The average Bonchev–Trinajstić information content (AvgIpc) is 3.57. The number of anilines is 1. The summed E-state index contributed by atoms with van der Waals surface area (Å²) >= 11 is 0. The summed E-state index contributed by atoms with van der Waals surface area (Å²) in [4.78, 5) is 23.8. The number of H-pyrrole nitrogens is 2. The van der Waals surface area contributed by atoms with Gasteiger partial charge < -0.3 is 15.6 Å². The lowest BCUT2D eigenvalue weighted by molar-refractivity contribution is 0.514. The molecule has 7 rings (SSSR count). The minimum atomic E-state index is -1.43. The summed E-state index contributed by atoms with van der Waals surface area (Å²) in [5.41, 5.74) is 12.7. The SMILES string of the molecule is C=S(=C)(C)NCc1cc(F)cc(-c2ccnc3[nH]c(-c4[nH]nc5ncc(-c6cncc(N7CC(N)C7)n6)cc45)cc23)c1. The minimum Gasteiger partial charge on any atom is -0.352 e. The maximum atomic E-state index is 14.7. The topological polar surface area (TPSA) is 137 Å². The van der Waals surface area contributed by atoms with Gasteiger partial charge in [0.15, 0.2) is 5.65 Å². The first-order valence-electron chi connectivity index (χ1n) is 13.3. The fourth-order valence-corrected chi connectivity index (χ4v) is 5.69. The van der Waals surface area contributed by atoms with Crippen molar-refractivity contribution in [3.8, 4) is 33.8 Å². The van der Waals surface area contributed by atoms with E-state index in [0.29, 0.717) is 23.5 Å². The molecule has 6 heterocycles. The van der Waals surface area contributed by atoms with Crippen molar-refractivity contribution >= 4 is 49.0 Å². The fourth-order valence-electron chi connectivity index (χ4n) is 5.17. The third-order valence-electron chi connectivity index (χ3n) is 7.26. The predicted molar refractivity (Wildman–Crippen MR) is 170 cm³/mol. The van der Waals surface area contributed by atoms with Gasteiger partial charge in [-0.2, -0.15) is 14.5 Å². The van der Waals surface area contributed by atoms with Crippen molar-refractivity contribution in [2.75, 3.05) is 24.2 Å². The third-order valence-corrected chi connectivity index (χ3v) is 8.10. The Labute approximate surface area is 241 Å². The van der Waals surface area contributed by atoms with Gasteiger partial charge in [-0.25, -0.2) is 19.3 Å². The third kappa shape index (κ3) is 5.00. The number of rotatable bonds is 7. The molecule has 5 N–H and O–H groups in total. The quantitative estimate of drug-likeness (QED) is 0.206. The van der Waals surface area contributed by atoms with Gasteiger partial charge in [0.1, 0.15) is 17.3 Å². The Kier molecular flexibility index (Phi) is 6.26. The molecule has 212 valence electrons. The van der Waals surface area contributed by atoms with Gasteiger partial charge >= 0.3 is 0 Å². The number of nitrogens with zero attached hydrogens (tertiary/aromatic N) is 6. The Morgan fingerprint density at radius 1 is 1.07 bits per heavy atom. The second kappa shape index (κ2) is 10.0. The Morgan fingerprint density at radius 2 is 1.93 bits per heavy atom. The number of nitrogens with one attached hydrogen (secondary N) is 3. The number of aromatic nitrogens is 7. The Hall–Kier alpha value is -4.65. The van der Waals surface area contributed by atoms with E-state index in [-0.39, 0.29) is 11.9 Å². The molecule has 0 saturated carbocycles. The van der Waals surface area contributed by atoms with Crippen LogP contribution >= 0.6 is 9.39 Å². The van der Waals surface area contributed by atoms with Gasteiger partial charge in [0.05, 0.1) is 29.5 Å². The standard InChI is InChI=1S/C30H29FN10S/c1-42(2,3)36-11-17-6-18(8-20(31)7-17)22-4-5-34-29-23(22)10-25(38-29)28-24-9-19(12-35-30(24)40-39-28)26-13-33-14-27(37-26)41-15-21(32)16-41/h4-10,12-14,21,36H,1-2,11,15-16,32H2,3H3,(H,34,38)(H,35,39,40). The summed E-state index contributed by atoms with van der Waals surface area (Å²) < 4.78 is 18.0. The molecular formula is C30H29FN10S. The summed E-state index contributed by atoms with van der Waals surface area (Å²) in [6, 6.07) is 11.1. The second-order valence-electron chi connectivity index (χ2n) is 10.9. The molecule has 0 atom stereocenters. The van der Waals surface area contributed by atoms with E-state index in [1.807, 2.05) is 30.5 Å². The van der Waals surface area contributed by atoms with Crippen molar-refractivity contribution < 1.29 is 4.39 Å². The van der Waals surface area contributed by atoms with E-state index in [4.69, 9.17) is 10.7 Å². The molecule has 0 radical (unpaired) electrons. The van der Waals surface area contributed by atoms with Crippen LogP contribution in [0.1, 0.15) is 5.56 Å². The van der Waals surface area contributed by atoms with Crippen LogP contribution in [0.2, 0.25) is 0 Å². The largest absolute Gasteiger partial charge is 0.352 e. The summed E-state index contributed by atoms with van der Waals surface area (Å²) in [7, 11) is -1.43. The second-order valence-corrected chi connectivity index (χ2v) is 13.7. The summed E-state index contributed by atoms with van der Waals surface area (Å²) in [6.07, 6.45) is 8.89. The lowest BCUT2D eigenvalue weighted by atomic mass is 10.0. The Bertz CT molecular complexity index is 2080. The van der Waals surface area contributed by atoms with E-state index in [2.05, 4.69) is 51.5 Å². The number of pyridine rings is 2. The van der Waals surface area contributed by atoms with Crippen LogP contribution in [0.3, 0.4) is 0 Å².